The van der Waals surface area contributed by atoms with Gasteiger partial charge in [0.15, 0.2) is 0 Å². The molecule has 0 aliphatic carbocycles. The maximum atomic E-state index is 12.4. The number of aliphatic hydroxyl groups is 1. The van der Waals surface area contributed by atoms with Gasteiger partial charge in [-0.25, -0.2) is 13.1 Å². The predicted octanol–water partition coefficient (Wildman–Crippen LogP) is 1.18. The fourth-order valence-electron chi connectivity index (χ4n) is 2.05. The Morgan fingerprint density at radius 1 is 1.38 bits per heavy atom. The van der Waals surface area contributed by atoms with Crippen LogP contribution < -0.4 is 10.0 Å². The molecule has 0 bridgehead atoms. The van der Waals surface area contributed by atoms with Crippen molar-refractivity contribution in [3.05, 3.63) is 23.8 Å². The molecule has 3 N–H and O–H groups in total. The normalized spacial score (nSPS) is 20.0. The Morgan fingerprint density at radius 3 is 2.57 bits per heavy atom. The minimum Gasteiger partial charge on any atom is -0.391 e. The van der Waals surface area contributed by atoms with Crippen molar-refractivity contribution >= 4 is 21.6 Å². The number of rotatable bonds is 4. The molecule has 1 aliphatic heterocycles. The van der Waals surface area contributed by atoms with Crippen LogP contribution in [0.1, 0.15) is 39.2 Å². The van der Waals surface area contributed by atoms with E-state index in [4.69, 9.17) is 0 Å². The first-order valence-electron chi connectivity index (χ1n) is 6.71. The van der Waals surface area contributed by atoms with Gasteiger partial charge in [-0.05, 0) is 51.5 Å². The molecule has 0 spiro atoms. The number of nitrogens with one attached hydrogen (secondary N) is 2. The summed E-state index contributed by atoms with van der Waals surface area (Å²) in [6.45, 7) is 6.47. The second-order valence-corrected chi connectivity index (χ2v) is 7.65. The highest BCUT2D eigenvalue weighted by atomic mass is 32.2. The number of amides is 1. The number of hydrogen-bond donors (Lipinski definition) is 3. The third kappa shape index (κ3) is 2.95. The Kier molecular flexibility index (Phi) is 3.86. The summed E-state index contributed by atoms with van der Waals surface area (Å²) in [6, 6.07) is 4.52. The van der Waals surface area contributed by atoms with Gasteiger partial charge in [0.2, 0.25) is 15.9 Å². The van der Waals surface area contributed by atoms with Crippen LogP contribution >= 0.6 is 0 Å². The Morgan fingerprint density at radius 2 is 2.00 bits per heavy atom. The molecule has 1 aromatic rings. The highest BCUT2D eigenvalue weighted by Crippen LogP contribution is 2.33. The van der Waals surface area contributed by atoms with Gasteiger partial charge in [-0.2, -0.15) is 0 Å². The lowest BCUT2D eigenvalue weighted by molar-refractivity contribution is -0.116. The maximum absolute atomic E-state index is 12.4. The molecule has 2 rings (SSSR count). The molecule has 0 fully saturated rings. The third-order valence-corrected chi connectivity index (χ3v) is 5.56. The molecule has 1 heterocycles. The molecule has 1 aromatic carbocycles. The molecule has 2 unspecified atom stereocenters. The Bertz CT molecular complexity index is 680. The van der Waals surface area contributed by atoms with Crippen molar-refractivity contribution in [1.82, 2.24) is 4.72 Å². The van der Waals surface area contributed by atoms with Crippen LogP contribution in [0.2, 0.25) is 0 Å². The molecule has 2 atom stereocenters. The average molecular weight is 312 g/mol. The molecular weight excluding hydrogens is 292 g/mol. The van der Waals surface area contributed by atoms with Gasteiger partial charge in [-0.3, -0.25) is 4.79 Å². The van der Waals surface area contributed by atoms with Crippen molar-refractivity contribution in [2.45, 2.75) is 50.2 Å². The largest absolute Gasteiger partial charge is 0.391 e. The highest BCUT2D eigenvalue weighted by Gasteiger charge is 2.32. The molecule has 7 heteroatoms. The summed E-state index contributed by atoms with van der Waals surface area (Å²) >= 11 is 0. The summed E-state index contributed by atoms with van der Waals surface area (Å²) in [5.41, 5.74) is 0.316. The lowest BCUT2D eigenvalue weighted by atomic mass is 10.0. The number of anilines is 1. The zero-order valence-corrected chi connectivity index (χ0v) is 13.3. The van der Waals surface area contributed by atoms with Gasteiger partial charge in [-0.1, -0.05) is 0 Å². The fourth-order valence-corrected chi connectivity index (χ4v) is 3.56. The first-order valence-corrected chi connectivity index (χ1v) is 8.20. The van der Waals surface area contributed by atoms with Gasteiger partial charge in [0.1, 0.15) is 0 Å². The van der Waals surface area contributed by atoms with E-state index >= 15 is 0 Å². The predicted molar refractivity (Wildman–Crippen MR) is 79.6 cm³/mol. The highest BCUT2D eigenvalue weighted by molar-refractivity contribution is 7.89. The van der Waals surface area contributed by atoms with Crippen LogP contribution in [0.5, 0.6) is 0 Å². The molecule has 1 amide bonds. The molecular formula is C14H20N2O4S. The van der Waals surface area contributed by atoms with Crippen LogP contribution in [0.15, 0.2) is 23.1 Å². The van der Waals surface area contributed by atoms with E-state index in [1.807, 2.05) is 0 Å². The van der Waals surface area contributed by atoms with Crippen molar-refractivity contribution < 1.29 is 18.3 Å². The van der Waals surface area contributed by atoms with E-state index in [9.17, 15) is 18.3 Å². The monoisotopic (exact) mass is 312 g/mol. The molecule has 116 valence electrons. The van der Waals surface area contributed by atoms with Gasteiger partial charge in [0.25, 0.3) is 0 Å². The van der Waals surface area contributed by atoms with E-state index in [0.29, 0.717) is 11.3 Å². The summed E-state index contributed by atoms with van der Waals surface area (Å²) in [7, 11) is -3.77. The number of carbonyl (C=O) groups excluding carboxylic acids is 1. The van der Waals surface area contributed by atoms with Crippen molar-refractivity contribution in [3.63, 3.8) is 0 Å². The smallest absolute Gasteiger partial charge is 0.241 e. The van der Waals surface area contributed by atoms with E-state index in [-0.39, 0.29) is 16.7 Å². The Labute approximate surface area is 124 Å². The molecule has 0 radical (unpaired) electrons. The lowest BCUT2D eigenvalue weighted by Gasteiger charge is -2.29. The van der Waals surface area contributed by atoms with Gasteiger partial charge in [-0.15, -0.1) is 0 Å². The number of sulfonamides is 1. The number of aliphatic hydroxyl groups excluding tert-OH is 1. The lowest BCUT2D eigenvalue weighted by Crippen LogP contribution is -2.50. The van der Waals surface area contributed by atoms with Crippen molar-refractivity contribution in [2.75, 3.05) is 5.32 Å². The standard InChI is InChI=1S/C14H20N2O4S/c1-8-11-7-10(5-6-12(11)15-13(8)18)21(19,20)16-14(3,4)9(2)17/h5-9,16-17H,1-4H3,(H,15,18). The molecule has 1 aliphatic rings. The van der Waals surface area contributed by atoms with Gasteiger partial charge >= 0.3 is 0 Å². The number of fused-ring (bicyclic) bond motifs is 1. The molecule has 0 aromatic heterocycles. The molecule has 0 saturated carbocycles. The average Bonchev–Trinajstić information content (AvgIpc) is 2.63. The third-order valence-electron chi connectivity index (χ3n) is 3.89. The van der Waals surface area contributed by atoms with Gasteiger partial charge < -0.3 is 10.4 Å². The minimum absolute atomic E-state index is 0.0818. The van der Waals surface area contributed by atoms with E-state index in [1.165, 1.54) is 19.1 Å². The van der Waals surface area contributed by atoms with Crippen molar-refractivity contribution in [2.24, 2.45) is 0 Å². The number of benzene rings is 1. The second kappa shape index (κ2) is 5.08. The topological polar surface area (TPSA) is 95.5 Å². The van der Waals surface area contributed by atoms with Crippen LogP contribution in [-0.4, -0.2) is 31.1 Å². The van der Waals surface area contributed by atoms with E-state index in [0.717, 1.165) is 0 Å². The summed E-state index contributed by atoms with van der Waals surface area (Å²) in [5, 5.41) is 12.3. The van der Waals surface area contributed by atoms with Gasteiger partial charge in [0, 0.05) is 5.69 Å². The van der Waals surface area contributed by atoms with E-state index < -0.39 is 21.7 Å². The number of hydrogen-bond acceptors (Lipinski definition) is 4. The van der Waals surface area contributed by atoms with Crippen molar-refractivity contribution in [1.29, 1.82) is 0 Å². The second-order valence-electron chi connectivity index (χ2n) is 5.96. The molecule has 0 saturated heterocycles. The van der Waals surface area contributed by atoms with Crippen LogP contribution in [0, 0.1) is 0 Å². The Hall–Kier alpha value is -1.44. The van der Waals surface area contributed by atoms with Crippen LogP contribution in [0.25, 0.3) is 0 Å². The van der Waals surface area contributed by atoms with E-state index in [1.54, 1.807) is 26.8 Å². The minimum atomic E-state index is -3.77. The van der Waals surface area contributed by atoms with Crippen LogP contribution in [0.3, 0.4) is 0 Å². The zero-order chi connectivity index (χ0) is 16.0. The summed E-state index contributed by atoms with van der Waals surface area (Å²) in [5.74, 6) is -0.517. The van der Waals surface area contributed by atoms with Crippen molar-refractivity contribution in [3.8, 4) is 0 Å². The fraction of sp³-hybridized carbons (Fsp3) is 0.500. The molecule has 6 nitrogen and oxygen atoms in total. The molecule has 21 heavy (non-hydrogen) atoms. The van der Waals surface area contributed by atoms with Crippen LogP contribution in [0.4, 0.5) is 5.69 Å². The number of carbonyl (C=O) groups is 1. The van der Waals surface area contributed by atoms with Crippen LogP contribution in [-0.2, 0) is 14.8 Å². The first kappa shape index (κ1) is 15.9. The quantitative estimate of drug-likeness (QED) is 0.778. The SMILES string of the molecule is CC1C(=O)Nc2ccc(S(=O)(=O)NC(C)(C)C(C)O)cc21. The summed E-state index contributed by atoms with van der Waals surface area (Å²) in [6.07, 6.45) is -0.844. The first-order chi connectivity index (χ1) is 9.54. The summed E-state index contributed by atoms with van der Waals surface area (Å²) < 4.78 is 27.3. The zero-order valence-electron chi connectivity index (χ0n) is 12.5. The maximum Gasteiger partial charge on any atom is 0.241 e. The Balaban J connectivity index is 2.37. The summed E-state index contributed by atoms with van der Waals surface area (Å²) in [4.78, 5) is 11.7. The van der Waals surface area contributed by atoms with Gasteiger partial charge in [0.05, 0.1) is 22.5 Å². The van der Waals surface area contributed by atoms with E-state index in [2.05, 4.69) is 10.0 Å².